The van der Waals surface area contributed by atoms with Gasteiger partial charge in [0.25, 0.3) is 0 Å². The third kappa shape index (κ3) is 1.91. The number of hydrogen-bond acceptors (Lipinski definition) is 1. The molecular formula is C11H13ClFN. The topological polar surface area (TPSA) is 3.24 Å². The minimum atomic E-state index is -0.259. The summed E-state index contributed by atoms with van der Waals surface area (Å²) in [7, 11) is 2.09. The second-order valence-electron chi connectivity index (χ2n) is 3.91. The van der Waals surface area contributed by atoms with E-state index in [4.69, 9.17) is 11.6 Å². The van der Waals surface area contributed by atoms with E-state index in [2.05, 4.69) is 11.9 Å². The second-order valence-corrected chi connectivity index (χ2v) is 4.32. The van der Waals surface area contributed by atoms with E-state index < -0.39 is 0 Å². The number of likely N-dealkylation sites (N-methyl/N-ethyl adjacent to an activating group) is 1. The zero-order valence-corrected chi connectivity index (χ0v) is 8.89. The van der Waals surface area contributed by atoms with Crippen molar-refractivity contribution in [3.63, 3.8) is 0 Å². The molecule has 0 N–H and O–H groups in total. The van der Waals surface area contributed by atoms with Crippen molar-refractivity contribution in [2.45, 2.75) is 12.3 Å². The molecule has 0 radical (unpaired) electrons. The van der Waals surface area contributed by atoms with Crippen LogP contribution in [0, 0.1) is 5.82 Å². The maximum atomic E-state index is 12.8. The third-order valence-electron chi connectivity index (χ3n) is 2.79. The lowest BCUT2D eigenvalue weighted by atomic mass is 9.98. The molecule has 1 aliphatic rings. The Kier molecular flexibility index (Phi) is 2.75. The molecule has 14 heavy (non-hydrogen) atoms. The van der Waals surface area contributed by atoms with Crippen LogP contribution in [-0.2, 0) is 0 Å². The normalized spacial score (nSPS) is 22.9. The highest BCUT2D eigenvalue weighted by atomic mass is 35.5. The van der Waals surface area contributed by atoms with Crippen LogP contribution in [0.5, 0.6) is 0 Å². The lowest BCUT2D eigenvalue weighted by Gasteiger charge is -2.12. The molecular weight excluding hydrogens is 201 g/mol. The Balaban J connectivity index is 2.24. The van der Waals surface area contributed by atoms with Gasteiger partial charge in [-0.2, -0.15) is 0 Å². The van der Waals surface area contributed by atoms with Gasteiger partial charge in [-0.15, -0.1) is 0 Å². The molecule has 1 nitrogen and oxygen atoms in total. The van der Waals surface area contributed by atoms with Crippen molar-refractivity contribution in [3.8, 4) is 0 Å². The number of rotatable bonds is 1. The van der Waals surface area contributed by atoms with Gasteiger partial charge in [-0.05, 0) is 43.6 Å². The van der Waals surface area contributed by atoms with Crippen LogP contribution in [0.1, 0.15) is 17.9 Å². The number of benzene rings is 1. The first-order valence-electron chi connectivity index (χ1n) is 4.80. The van der Waals surface area contributed by atoms with Crippen LogP contribution in [0.3, 0.4) is 0 Å². The Hall–Kier alpha value is -0.600. The zero-order chi connectivity index (χ0) is 10.1. The highest BCUT2D eigenvalue weighted by molar-refractivity contribution is 6.31. The molecule has 1 aromatic carbocycles. The smallest absolute Gasteiger partial charge is 0.124 e. The van der Waals surface area contributed by atoms with Gasteiger partial charge in [-0.25, -0.2) is 4.39 Å². The zero-order valence-electron chi connectivity index (χ0n) is 8.13. The minimum Gasteiger partial charge on any atom is -0.306 e. The molecule has 2 rings (SSSR count). The van der Waals surface area contributed by atoms with Crippen LogP contribution in [0.2, 0.25) is 5.02 Å². The predicted octanol–water partition coefficient (Wildman–Crippen LogP) is 2.90. The molecule has 0 bridgehead atoms. The first-order chi connectivity index (χ1) is 6.66. The summed E-state index contributed by atoms with van der Waals surface area (Å²) in [5, 5.41) is 0.560. The van der Waals surface area contributed by atoms with Crippen LogP contribution in [-0.4, -0.2) is 25.0 Å². The Bertz CT molecular complexity index is 340. The maximum Gasteiger partial charge on any atom is 0.124 e. The van der Waals surface area contributed by atoms with Gasteiger partial charge in [-0.1, -0.05) is 17.7 Å². The monoisotopic (exact) mass is 213 g/mol. The average molecular weight is 214 g/mol. The van der Waals surface area contributed by atoms with E-state index in [0.717, 1.165) is 25.1 Å². The molecule has 1 saturated heterocycles. The van der Waals surface area contributed by atoms with E-state index in [-0.39, 0.29) is 5.82 Å². The number of likely N-dealkylation sites (tertiary alicyclic amines) is 1. The fourth-order valence-corrected chi connectivity index (χ4v) is 2.34. The van der Waals surface area contributed by atoms with Crippen LogP contribution in [0.4, 0.5) is 4.39 Å². The lowest BCUT2D eigenvalue weighted by Crippen LogP contribution is -2.13. The lowest BCUT2D eigenvalue weighted by molar-refractivity contribution is 0.411. The molecule has 1 unspecified atom stereocenters. The molecule has 1 fully saturated rings. The van der Waals surface area contributed by atoms with Crippen molar-refractivity contribution < 1.29 is 4.39 Å². The first kappa shape index (κ1) is 9.94. The minimum absolute atomic E-state index is 0.259. The van der Waals surface area contributed by atoms with E-state index >= 15 is 0 Å². The molecule has 0 saturated carbocycles. The molecule has 0 amide bonds. The number of hydrogen-bond donors (Lipinski definition) is 0. The van der Waals surface area contributed by atoms with Crippen LogP contribution < -0.4 is 0 Å². The summed E-state index contributed by atoms with van der Waals surface area (Å²) >= 11 is 6.00. The van der Waals surface area contributed by atoms with Gasteiger partial charge >= 0.3 is 0 Å². The Morgan fingerprint density at radius 1 is 1.50 bits per heavy atom. The molecule has 3 heteroatoms. The van der Waals surface area contributed by atoms with Crippen LogP contribution >= 0.6 is 11.6 Å². The fraction of sp³-hybridized carbons (Fsp3) is 0.455. The first-order valence-corrected chi connectivity index (χ1v) is 5.18. The van der Waals surface area contributed by atoms with Crippen molar-refractivity contribution in [1.29, 1.82) is 0 Å². The third-order valence-corrected chi connectivity index (χ3v) is 3.12. The van der Waals surface area contributed by atoms with Crippen LogP contribution in [0.15, 0.2) is 18.2 Å². The summed E-state index contributed by atoms with van der Waals surface area (Å²) in [5.41, 5.74) is 1.08. The summed E-state index contributed by atoms with van der Waals surface area (Å²) in [6.07, 6.45) is 1.11. The van der Waals surface area contributed by atoms with Gasteiger partial charge in [0, 0.05) is 11.6 Å². The quantitative estimate of drug-likeness (QED) is 0.694. The van der Waals surface area contributed by atoms with Crippen molar-refractivity contribution in [2.24, 2.45) is 0 Å². The Labute approximate surface area is 88.5 Å². The summed E-state index contributed by atoms with van der Waals surface area (Å²) in [5.74, 6) is 0.207. The molecule has 0 aromatic heterocycles. The molecule has 1 aromatic rings. The summed E-state index contributed by atoms with van der Waals surface area (Å²) in [4.78, 5) is 2.27. The molecule has 0 aliphatic carbocycles. The van der Waals surface area contributed by atoms with Crippen LogP contribution in [0.25, 0.3) is 0 Å². The average Bonchev–Trinajstić information content (AvgIpc) is 2.51. The van der Waals surface area contributed by atoms with E-state index in [9.17, 15) is 4.39 Å². The molecule has 1 heterocycles. The van der Waals surface area contributed by atoms with Gasteiger partial charge in [0.1, 0.15) is 5.82 Å². The van der Waals surface area contributed by atoms with E-state index in [1.54, 1.807) is 0 Å². The second kappa shape index (κ2) is 3.87. The van der Waals surface area contributed by atoms with Crippen molar-refractivity contribution in [3.05, 3.63) is 34.6 Å². The number of nitrogens with zero attached hydrogens (tertiary/aromatic N) is 1. The van der Waals surface area contributed by atoms with Gasteiger partial charge in [0.05, 0.1) is 0 Å². The summed E-state index contributed by atoms with van der Waals surface area (Å²) < 4.78 is 12.8. The van der Waals surface area contributed by atoms with Gasteiger partial charge in [0.15, 0.2) is 0 Å². The highest BCUT2D eigenvalue weighted by Crippen LogP contribution is 2.31. The van der Waals surface area contributed by atoms with Crippen molar-refractivity contribution in [1.82, 2.24) is 4.90 Å². The summed E-state index contributed by atoms with van der Waals surface area (Å²) in [6, 6.07) is 4.69. The fourth-order valence-electron chi connectivity index (χ4n) is 2.02. The van der Waals surface area contributed by atoms with E-state index in [1.165, 1.54) is 12.1 Å². The molecule has 76 valence electrons. The predicted molar refractivity (Wildman–Crippen MR) is 56.3 cm³/mol. The highest BCUT2D eigenvalue weighted by Gasteiger charge is 2.22. The van der Waals surface area contributed by atoms with Crippen molar-refractivity contribution in [2.75, 3.05) is 20.1 Å². The Morgan fingerprint density at radius 3 is 2.86 bits per heavy atom. The van der Waals surface area contributed by atoms with E-state index in [0.29, 0.717) is 10.9 Å². The summed E-state index contributed by atoms with van der Waals surface area (Å²) in [6.45, 7) is 2.11. The van der Waals surface area contributed by atoms with E-state index in [1.807, 2.05) is 6.07 Å². The molecule has 0 spiro atoms. The maximum absolute atomic E-state index is 12.8. The number of halogens is 2. The van der Waals surface area contributed by atoms with Gasteiger partial charge < -0.3 is 4.90 Å². The molecule has 1 aliphatic heterocycles. The SMILES string of the molecule is CN1CCC(c2ccc(F)cc2Cl)C1. The van der Waals surface area contributed by atoms with Gasteiger partial charge in [-0.3, -0.25) is 0 Å². The molecule has 1 atom stereocenters. The standard InChI is InChI=1S/C11H13ClFN/c1-14-5-4-8(7-14)10-3-2-9(13)6-11(10)12/h2-3,6,8H,4-5,7H2,1H3. The van der Waals surface area contributed by atoms with Crippen molar-refractivity contribution >= 4 is 11.6 Å². The largest absolute Gasteiger partial charge is 0.306 e. The Morgan fingerprint density at radius 2 is 2.29 bits per heavy atom. The van der Waals surface area contributed by atoms with Gasteiger partial charge in [0.2, 0.25) is 0 Å².